The third-order valence-electron chi connectivity index (χ3n) is 7.31. The van der Waals surface area contributed by atoms with Crippen LogP contribution < -0.4 is 11.1 Å². The van der Waals surface area contributed by atoms with Crippen molar-refractivity contribution in [3.63, 3.8) is 0 Å². The van der Waals surface area contributed by atoms with Gasteiger partial charge in [0, 0.05) is 11.4 Å². The van der Waals surface area contributed by atoms with Crippen LogP contribution in [0.2, 0.25) is 0 Å². The summed E-state index contributed by atoms with van der Waals surface area (Å²) in [7, 11) is 0. The normalized spacial score (nSPS) is 23.0. The molecule has 1 saturated heterocycles. The molecular formula is C25H24BrN7O2. The first-order valence-electron chi connectivity index (χ1n) is 11.5. The highest BCUT2D eigenvalue weighted by atomic mass is 79.9. The Morgan fingerprint density at radius 1 is 1.23 bits per heavy atom. The highest BCUT2D eigenvalue weighted by Gasteiger charge is 2.64. The molecule has 1 aliphatic heterocycles. The van der Waals surface area contributed by atoms with E-state index in [-0.39, 0.29) is 29.8 Å². The lowest BCUT2D eigenvalue weighted by Crippen LogP contribution is -2.46. The number of nitrogens with zero attached hydrogens (tertiary/aromatic N) is 5. The molecular weight excluding hydrogens is 510 g/mol. The first-order chi connectivity index (χ1) is 16.7. The quantitative estimate of drug-likeness (QED) is 0.386. The number of nitrogens with two attached hydrogens (primary N) is 1. The number of rotatable bonds is 4. The summed E-state index contributed by atoms with van der Waals surface area (Å²) in [5.41, 5.74) is 8.73. The van der Waals surface area contributed by atoms with Crippen molar-refractivity contribution in [1.29, 1.82) is 0 Å². The van der Waals surface area contributed by atoms with Gasteiger partial charge in [0.1, 0.15) is 40.8 Å². The minimum absolute atomic E-state index is 0.0348. The van der Waals surface area contributed by atoms with Crippen LogP contribution in [0.4, 0.5) is 11.6 Å². The minimum Gasteiger partial charge on any atom is -0.383 e. The van der Waals surface area contributed by atoms with Crippen molar-refractivity contribution in [2.24, 2.45) is 5.41 Å². The molecule has 3 aromatic heterocycles. The van der Waals surface area contributed by atoms with Crippen molar-refractivity contribution in [3.05, 3.63) is 52.9 Å². The zero-order chi connectivity index (χ0) is 24.5. The third-order valence-corrected chi connectivity index (χ3v) is 7.75. The number of nitrogens with one attached hydrogen (secondary N) is 1. The van der Waals surface area contributed by atoms with Crippen molar-refractivity contribution in [2.45, 2.75) is 45.3 Å². The van der Waals surface area contributed by atoms with Crippen LogP contribution in [0.5, 0.6) is 0 Å². The maximum absolute atomic E-state index is 13.8. The summed E-state index contributed by atoms with van der Waals surface area (Å²) in [5, 5.41) is 4.54. The molecule has 3 atom stereocenters. The second-order valence-electron chi connectivity index (χ2n) is 9.79. The molecule has 1 saturated carbocycles. The van der Waals surface area contributed by atoms with Gasteiger partial charge in [-0.05, 0) is 65.4 Å². The van der Waals surface area contributed by atoms with E-state index in [1.165, 1.54) is 6.33 Å². The molecule has 2 aliphatic rings. The largest absolute Gasteiger partial charge is 0.383 e. The summed E-state index contributed by atoms with van der Waals surface area (Å²) < 4.78 is 2.51. The summed E-state index contributed by atoms with van der Waals surface area (Å²) in [5.74, 6) is 0.496. The van der Waals surface area contributed by atoms with Gasteiger partial charge < -0.3 is 20.5 Å². The second kappa shape index (κ2) is 7.74. The van der Waals surface area contributed by atoms with E-state index in [0.29, 0.717) is 28.3 Å². The summed E-state index contributed by atoms with van der Waals surface area (Å²) in [4.78, 5) is 41.7. The average Bonchev–Trinajstić information content (AvgIpc) is 3.22. The lowest BCUT2D eigenvalue weighted by Gasteiger charge is -2.27. The molecule has 0 bridgehead atoms. The van der Waals surface area contributed by atoms with E-state index < -0.39 is 6.04 Å². The Balaban J connectivity index is 1.34. The van der Waals surface area contributed by atoms with E-state index in [4.69, 9.17) is 5.73 Å². The smallest absolute Gasteiger partial charge is 0.248 e. The van der Waals surface area contributed by atoms with E-state index in [9.17, 15) is 9.59 Å². The highest BCUT2D eigenvalue weighted by Crippen LogP contribution is 2.59. The zero-order valence-corrected chi connectivity index (χ0v) is 20.9. The van der Waals surface area contributed by atoms with Crippen LogP contribution >= 0.6 is 15.9 Å². The molecule has 4 aromatic rings. The molecule has 1 aromatic carbocycles. The summed E-state index contributed by atoms with van der Waals surface area (Å²) in [6.45, 7) is 4.21. The van der Waals surface area contributed by atoms with Crippen LogP contribution in [0.25, 0.3) is 21.9 Å². The fourth-order valence-corrected chi connectivity index (χ4v) is 5.82. The number of amides is 2. The Labute approximate surface area is 209 Å². The number of aryl methyl sites for hydroxylation is 1. The van der Waals surface area contributed by atoms with Crippen LogP contribution in [0.15, 0.2) is 47.3 Å². The summed E-state index contributed by atoms with van der Waals surface area (Å²) in [6.07, 6.45) is 2.95. The molecule has 0 unspecified atom stereocenters. The van der Waals surface area contributed by atoms with Crippen LogP contribution in [-0.2, 0) is 16.1 Å². The first kappa shape index (κ1) is 22.0. The molecule has 4 heterocycles. The van der Waals surface area contributed by atoms with Gasteiger partial charge in [-0.1, -0.05) is 24.6 Å². The number of piperidine rings is 1. The predicted molar refractivity (Wildman–Crippen MR) is 137 cm³/mol. The maximum atomic E-state index is 13.8. The number of anilines is 2. The van der Waals surface area contributed by atoms with Gasteiger partial charge in [-0.3, -0.25) is 9.59 Å². The monoisotopic (exact) mass is 533 g/mol. The number of halogens is 1. The number of aromatic nitrogens is 4. The lowest BCUT2D eigenvalue weighted by atomic mass is 10.0. The number of carbonyl (C=O) groups is 2. The van der Waals surface area contributed by atoms with Gasteiger partial charge >= 0.3 is 0 Å². The van der Waals surface area contributed by atoms with Crippen LogP contribution in [-0.4, -0.2) is 48.3 Å². The Morgan fingerprint density at radius 3 is 2.86 bits per heavy atom. The number of benzene rings is 1. The molecule has 6 rings (SSSR count). The van der Waals surface area contributed by atoms with Crippen LogP contribution in [0.1, 0.15) is 25.3 Å². The molecule has 2 amide bonds. The molecule has 0 radical (unpaired) electrons. The zero-order valence-electron chi connectivity index (χ0n) is 19.3. The van der Waals surface area contributed by atoms with Crippen molar-refractivity contribution >= 4 is 61.3 Å². The summed E-state index contributed by atoms with van der Waals surface area (Å²) >= 11 is 3.33. The van der Waals surface area contributed by atoms with Crippen molar-refractivity contribution < 1.29 is 9.59 Å². The Morgan fingerprint density at radius 2 is 2.06 bits per heavy atom. The Bertz CT molecular complexity index is 1530. The number of pyridine rings is 1. The predicted octanol–water partition coefficient (Wildman–Crippen LogP) is 3.65. The standard InChI is InChI=1S/C25H24BrN7O2/c1-13-6-7-15-14(8-13)21-22(27)28-12-29-23(21)32(15)11-20(34)33-16(9-25(2)10-17(25)33)24(35)31-19-5-3-4-18(26)30-19/h3-8,12,16-17H,9-11H2,1-2H3,(H2,27,28,29)(H,30,31,35)/t16-,17+,25-/m0/s1. The van der Waals surface area contributed by atoms with E-state index in [2.05, 4.69) is 43.1 Å². The van der Waals surface area contributed by atoms with E-state index in [1.54, 1.807) is 23.1 Å². The molecule has 178 valence electrons. The first-order valence-corrected chi connectivity index (χ1v) is 12.3. The van der Waals surface area contributed by atoms with Gasteiger partial charge in [0.05, 0.1) is 10.9 Å². The number of fused-ring (bicyclic) bond motifs is 4. The van der Waals surface area contributed by atoms with Crippen molar-refractivity contribution in [2.75, 3.05) is 11.1 Å². The third kappa shape index (κ3) is 3.54. The van der Waals surface area contributed by atoms with Gasteiger partial charge in [0.2, 0.25) is 11.8 Å². The molecule has 2 fully saturated rings. The average molecular weight is 534 g/mol. The fraction of sp³-hybridized carbons (Fsp3) is 0.320. The maximum Gasteiger partial charge on any atom is 0.248 e. The van der Waals surface area contributed by atoms with Crippen LogP contribution in [0.3, 0.4) is 0 Å². The highest BCUT2D eigenvalue weighted by molar-refractivity contribution is 9.10. The SMILES string of the molecule is Cc1ccc2c(c1)c1c(N)ncnc1n2CC(=O)N1[C@H](C(=O)Nc2cccc(Br)n2)C[C@@]2(C)C[C@@H]12. The number of hydrogen-bond donors (Lipinski definition) is 2. The van der Waals surface area contributed by atoms with Gasteiger partial charge in [-0.25, -0.2) is 15.0 Å². The van der Waals surface area contributed by atoms with Gasteiger partial charge in [-0.2, -0.15) is 0 Å². The topological polar surface area (TPSA) is 119 Å². The molecule has 10 heteroatoms. The summed E-state index contributed by atoms with van der Waals surface area (Å²) in [6, 6.07) is 10.8. The number of carbonyl (C=O) groups excluding carboxylic acids is 2. The Kier molecular flexibility index (Phi) is 4.86. The van der Waals surface area contributed by atoms with Gasteiger partial charge in [-0.15, -0.1) is 0 Å². The van der Waals surface area contributed by atoms with Gasteiger partial charge in [0.15, 0.2) is 0 Å². The fourth-order valence-electron chi connectivity index (χ4n) is 5.48. The van der Waals surface area contributed by atoms with Crippen molar-refractivity contribution in [1.82, 2.24) is 24.4 Å². The van der Waals surface area contributed by atoms with E-state index in [1.807, 2.05) is 29.7 Å². The molecule has 35 heavy (non-hydrogen) atoms. The van der Waals surface area contributed by atoms with Gasteiger partial charge in [0.25, 0.3) is 0 Å². The van der Waals surface area contributed by atoms with E-state index >= 15 is 0 Å². The number of hydrogen-bond acceptors (Lipinski definition) is 6. The molecule has 9 nitrogen and oxygen atoms in total. The molecule has 1 aliphatic carbocycles. The number of nitrogen functional groups attached to an aromatic ring is 1. The van der Waals surface area contributed by atoms with Crippen molar-refractivity contribution in [3.8, 4) is 0 Å². The van der Waals surface area contributed by atoms with Crippen LogP contribution in [0, 0.1) is 12.3 Å². The minimum atomic E-state index is -0.554. The Hall–Kier alpha value is -3.53. The molecule has 3 N–H and O–H groups in total. The lowest BCUT2D eigenvalue weighted by molar-refractivity contribution is -0.138. The second-order valence-corrected chi connectivity index (χ2v) is 10.6. The van der Waals surface area contributed by atoms with E-state index in [0.717, 1.165) is 28.3 Å². The molecule has 0 spiro atoms. The number of likely N-dealkylation sites (tertiary alicyclic amines) is 1.